The summed E-state index contributed by atoms with van der Waals surface area (Å²) in [7, 11) is 0. The quantitative estimate of drug-likeness (QED) is 0.509. The van der Waals surface area contributed by atoms with Gasteiger partial charge in [-0.3, -0.25) is 4.90 Å². The van der Waals surface area contributed by atoms with Crippen molar-refractivity contribution >= 4 is 17.7 Å². The number of hydrogen-bond donors (Lipinski definition) is 2. The van der Waals surface area contributed by atoms with E-state index in [0.29, 0.717) is 19.5 Å². The highest BCUT2D eigenvalue weighted by molar-refractivity contribution is 5.95. The number of nitrogens with one attached hydrogen (secondary N) is 1. The Morgan fingerprint density at radius 3 is 2.52 bits per heavy atom. The molecule has 1 heterocycles. The normalized spacial score (nSPS) is 17.3. The molecule has 0 unspecified atom stereocenters. The highest BCUT2D eigenvalue weighted by Gasteiger charge is 2.34. The molecule has 1 amide bonds. The van der Waals surface area contributed by atoms with E-state index in [-0.39, 0.29) is 36.0 Å². The summed E-state index contributed by atoms with van der Waals surface area (Å²) >= 11 is 0. The predicted molar refractivity (Wildman–Crippen MR) is 107 cm³/mol. The lowest BCUT2D eigenvalue weighted by atomic mass is 10.1. The second kappa shape index (κ2) is 9.63. The molecule has 0 radical (unpaired) electrons. The van der Waals surface area contributed by atoms with Gasteiger partial charge in [0.15, 0.2) is 0 Å². The number of anilines is 1. The standard InChI is InChI=1S/C20H28F3N3O5/c1-5-29-17(27)14-9-16(30-20(21,22)23)12(8-15(14)24)10-26-7-6-13(11-26)25-18(28)31-19(2,3)4/h8-9,13H,5-7,10-11,24H2,1-4H3,(H,25,28)/t13-/m1/s1. The number of nitrogen functional groups attached to an aromatic ring is 1. The molecule has 0 aromatic heterocycles. The molecule has 1 saturated heterocycles. The number of esters is 1. The van der Waals surface area contributed by atoms with Gasteiger partial charge in [0.2, 0.25) is 0 Å². The van der Waals surface area contributed by atoms with Crippen molar-refractivity contribution in [1.29, 1.82) is 0 Å². The van der Waals surface area contributed by atoms with Gasteiger partial charge < -0.3 is 25.3 Å². The fourth-order valence-corrected chi connectivity index (χ4v) is 3.18. The summed E-state index contributed by atoms with van der Waals surface area (Å²) in [6.07, 6.45) is -4.89. The van der Waals surface area contributed by atoms with Crippen LogP contribution in [0.25, 0.3) is 0 Å². The number of hydrogen-bond acceptors (Lipinski definition) is 7. The number of likely N-dealkylation sites (tertiary alicyclic amines) is 1. The van der Waals surface area contributed by atoms with Gasteiger partial charge in [-0.05, 0) is 46.2 Å². The van der Waals surface area contributed by atoms with E-state index in [1.165, 1.54) is 6.07 Å². The Bertz CT molecular complexity index is 808. The molecule has 1 atom stereocenters. The molecule has 11 heteroatoms. The van der Waals surface area contributed by atoms with Crippen LogP contribution in [0.5, 0.6) is 5.75 Å². The zero-order valence-electron chi connectivity index (χ0n) is 18.0. The van der Waals surface area contributed by atoms with Crippen LogP contribution < -0.4 is 15.8 Å². The number of nitrogens with zero attached hydrogens (tertiary/aromatic N) is 1. The van der Waals surface area contributed by atoms with Crippen LogP contribution in [0.4, 0.5) is 23.7 Å². The summed E-state index contributed by atoms with van der Waals surface area (Å²) in [5.41, 5.74) is 5.21. The van der Waals surface area contributed by atoms with Gasteiger partial charge in [-0.25, -0.2) is 9.59 Å². The van der Waals surface area contributed by atoms with Gasteiger partial charge in [-0.15, -0.1) is 13.2 Å². The van der Waals surface area contributed by atoms with E-state index >= 15 is 0 Å². The van der Waals surface area contributed by atoms with E-state index in [1.807, 2.05) is 4.90 Å². The first-order valence-corrected chi connectivity index (χ1v) is 9.84. The van der Waals surface area contributed by atoms with Crippen LogP contribution in [-0.4, -0.2) is 54.7 Å². The maximum Gasteiger partial charge on any atom is 0.573 e. The highest BCUT2D eigenvalue weighted by atomic mass is 19.4. The third kappa shape index (κ3) is 7.82. The van der Waals surface area contributed by atoms with Crippen molar-refractivity contribution in [2.75, 3.05) is 25.4 Å². The third-order valence-electron chi connectivity index (χ3n) is 4.34. The van der Waals surface area contributed by atoms with E-state index in [4.69, 9.17) is 15.2 Å². The molecule has 2 rings (SSSR count). The Hall–Kier alpha value is -2.69. The molecule has 1 aromatic rings. The Balaban J connectivity index is 2.14. The maximum absolute atomic E-state index is 12.9. The summed E-state index contributed by atoms with van der Waals surface area (Å²) in [5.74, 6) is -1.35. The lowest BCUT2D eigenvalue weighted by Gasteiger charge is -2.22. The average Bonchev–Trinajstić information content (AvgIpc) is 3.01. The fraction of sp³-hybridized carbons (Fsp3) is 0.600. The topological polar surface area (TPSA) is 103 Å². The van der Waals surface area contributed by atoms with Gasteiger partial charge in [-0.1, -0.05) is 0 Å². The molecule has 8 nitrogen and oxygen atoms in total. The Morgan fingerprint density at radius 1 is 1.26 bits per heavy atom. The smallest absolute Gasteiger partial charge is 0.462 e. The van der Waals surface area contributed by atoms with Gasteiger partial charge in [0, 0.05) is 36.9 Å². The number of carbonyl (C=O) groups is 2. The molecule has 3 N–H and O–H groups in total. The first kappa shape index (κ1) is 24.6. The maximum atomic E-state index is 12.9. The summed E-state index contributed by atoms with van der Waals surface area (Å²) in [5, 5.41) is 2.75. The molecule has 0 spiro atoms. The van der Waals surface area contributed by atoms with Crippen molar-refractivity contribution in [3.8, 4) is 5.75 Å². The first-order chi connectivity index (χ1) is 14.3. The van der Waals surface area contributed by atoms with Gasteiger partial charge in [0.1, 0.15) is 11.4 Å². The molecule has 174 valence electrons. The number of benzene rings is 1. The van der Waals surface area contributed by atoms with E-state index < -0.39 is 29.8 Å². The molecular weight excluding hydrogens is 419 g/mol. The van der Waals surface area contributed by atoms with Crippen LogP contribution >= 0.6 is 0 Å². The Kier molecular flexibility index (Phi) is 7.63. The fourth-order valence-electron chi connectivity index (χ4n) is 3.18. The third-order valence-corrected chi connectivity index (χ3v) is 4.34. The number of amides is 1. The summed E-state index contributed by atoms with van der Waals surface area (Å²) < 4.78 is 52.9. The van der Waals surface area contributed by atoms with E-state index in [2.05, 4.69) is 10.1 Å². The number of carbonyl (C=O) groups excluding carboxylic acids is 2. The van der Waals surface area contributed by atoms with E-state index in [1.54, 1.807) is 27.7 Å². The highest BCUT2D eigenvalue weighted by Crippen LogP contribution is 2.32. The van der Waals surface area contributed by atoms with Crippen molar-refractivity contribution in [1.82, 2.24) is 10.2 Å². The zero-order valence-corrected chi connectivity index (χ0v) is 18.0. The van der Waals surface area contributed by atoms with Crippen molar-refractivity contribution in [2.24, 2.45) is 0 Å². The largest absolute Gasteiger partial charge is 0.573 e. The second-order valence-electron chi connectivity index (χ2n) is 8.18. The van der Waals surface area contributed by atoms with Crippen LogP contribution in [-0.2, 0) is 16.0 Å². The monoisotopic (exact) mass is 447 g/mol. The molecule has 31 heavy (non-hydrogen) atoms. The van der Waals surface area contributed by atoms with Crippen molar-refractivity contribution in [3.05, 3.63) is 23.3 Å². The Morgan fingerprint density at radius 2 is 1.94 bits per heavy atom. The summed E-state index contributed by atoms with van der Waals surface area (Å²) in [4.78, 5) is 25.8. The van der Waals surface area contributed by atoms with Crippen LogP contribution in [0.15, 0.2) is 12.1 Å². The molecule has 1 aliphatic rings. The SMILES string of the molecule is CCOC(=O)c1cc(OC(F)(F)F)c(CN2CC[C@@H](NC(=O)OC(C)(C)C)C2)cc1N. The van der Waals surface area contributed by atoms with E-state index in [0.717, 1.165) is 6.07 Å². The minimum absolute atomic E-state index is 0.00870. The minimum Gasteiger partial charge on any atom is -0.462 e. The molecule has 1 aliphatic heterocycles. The molecule has 1 aromatic carbocycles. The van der Waals surface area contributed by atoms with E-state index in [9.17, 15) is 22.8 Å². The number of alkyl halides is 3. The molecule has 0 bridgehead atoms. The predicted octanol–water partition coefficient (Wildman–Crippen LogP) is 3.44. The number of halogens is 3. The second-order valence-corrected chi connectivity index (χ2v) is 8.18. The van der Waals surface area contributed by atoms with Gasteiger partial charge >= 0.3 is 18.4 Å². The molecule has 0 aliphatic carbocycles. The first-order valence-electron chi connectivity index (χ1n) is 9.84. The molecule has 0 saturated carbocycles. The minimum atomic E-state index is -4.94. The van der Waals surface area contributed by atoms with Gasteiger partial charge in [0.25, 0.3) is 0 Å². The molecule has 1 fully saturated rings. The van der Waals surface area contributed by atoms with Crippen molar-refractivity contribution in [2.45, 2.75) is 58.7 Å². The number of alkyl carbamates (subject to hydrolysis) is 1. The van der Waals surface area contributed by atoms with Crippen LogP contribution in [0.1, 0.15) is 50.0 Å². The van der Waals surface area contributed by atoms with Crippen molar-refractivity contribution in [3.63, 3.8) is 0 Å². The lowest BCUT2D eigenvalue weighted by molar-refractivity contribution is -0.275. The molecular formula is C20H28F3N3O5. The van der Waals surface area contributed by atoms with Gasteiger partial charge in [0.05, 0.1) is 12.2 Å². The average molecular weight is 447 g/mol. The zero-order chi connectivity index (χ0) is 23.4. The summed E-state index contributed by atoms with van der Waals surface area (Å²) in [6, 6.07) is 2.02. The number of ether oxygens (including phenoxy) is 3. The van der Waals surface area contributed by atoms with Crippen LogP contribution in [0.2, 0.25) is 0 Å². The van der Waals surface area contributed by atoms with Gasteiger partial charge in [-0.2, -0.15) is 0 Å². The number of nitrogens with two attached hydrogens (primary N) is 1. The van der Waals surface area contributed by atoms with Crippen LogP contribution in [0.3, 0.4) is 0 Å². The summed E-state index contributed by atoms with van der Waals surface area (Å²) in [6.45, 7) is 7.90. The lowest BCUT2D eigenvalue weighted by Crippen LogP contribution is -2.40. The Labute approximate surface area is 178 Å². The number of rotatable bonds is 6. The van der Waals surface area contributed by atoms with Crippen LogP contribution in [0, 0.1) is 0 Å². The van der Waals surface area contributed by atoms with Crippen molar-refractivity contribution < 1.29 is 37.0 Å².